The Hall–Kier alpha value is -2.82. The van der Waals surface area contributed by atoms with E-state index >= 15 is 0 Å². The number of benzene rings is 2. The van der Waals surface area contributed by atoms with Crippen molar-refractivity contribution in [3.05, 3.63) is 64.7 Å². The van der Waals surface area contributed by atoms with Crippen LogP contribution in [0.15, 0.2) is 42.5 Å². The maximum absolute atomic E-state index is 13.1. The van der Waals surface area contributed by atoms with Gasteiger partial charge in [0.2, 0.25) is 11.8 Å². The highest BCUT2D eigenvalue weighted by molar-refractivity contribution is 5.88. The number of nitrogens with one attached hydrogen (secondary N) is 1. The lowest BCUT2D eigenvalue weighted by atomic mass is 10.0. The molecule has 28 heavy (non-hydrogen) atoms. The van der Waals surface area contributed by atoms with Crippen molar-refractivity contribution < 1.29 is 14.3 Å². The second-order valence-electron chi connectivity index (χ2n) is 7.04. The molecule has 0 heterocycles. The van der Waals surface area contributed by atoms with Crippen LogP contribution in [0.5, 0.6) is 5.75 Å². The number of rotatable bonds is 8. The molecular weight excluding hydrogens is 352 g/mol. The molecule has 0 saturated carbocycles. The maximum Gasteiger partial charge on any atom is 0.242 e. The molecule has 1 atom stereocenters. The molecule has 0 aliphatic rings. The van der Waals surface area contributed by atoms with Crippen LogP contribution in [-0.2, 0) is 22.6 Å². The molecule has 0 unspecified atom stereocenters. The number of hydrogen-bond donors (Lipinski definition) is 1. The van der Waals surface area contributed by atoms with Gasteiger partial charge in [0, 0.05) is 13.1 Å². The number of carbonyl (C=O) groups excluding carboxylic acids is 2. The van der Waals surface area contributed by atoms with Crippen LogP contribution < -0.4 is 10.1 Å². The van der Waals surface area contributed by atoms with E-state index in [1.54, 1.807) is 18.9 Å². The van der Waals surface area contributed by atoms with E-state index in [-0.39, 0.29) is 18.2 Å². The first-order valence-electron chi connectivity index (χ1n) is 9.62. The number of carbonyl (C=O) groups is 2. The van der Waals surface area contributed by atoms with Crippen LogP contribution in [0.1, 0.15) is 36.1 Å². The highest BCUT2D eigenvalue weighted by Gasteiger charge is 2.26. The number of nitrogens with zero attached hydrogens (tertiary/aromatic N) is 1. The van der Waals surface area contributed by atoms with E-state index in [1.807, 2.05) is 63.2 Å². The van der Waals surface area contributed by atoms with E-state index in [2.05, 4.69) is 5.32 Å². The molecule has 0 radical (unpaired) electrons. The van der Waals surface area contributed by atoms with Crippen LogP contribution in [0.2, 0.25) is 0 Å². The van der Waals surface area contributed by atoms with Crippen molar-refractivity contribution in [3.63, 3.8) is 0 Å². The molecular formula is C23H30N2O3. The largest absolute Gasteiger partial charge is 0.497 e. The third-order valence-corrected chi connectivity index (χ3v) is 4.96. The Morgan fingerprint density at radius 1 is 1.04 bits per heavy atom. The summed E-state index contributed by atoms with van der Waals surface area (Å²) in [4.78, 5) is 27.2. The lowest BCUT2D eigenvalue weighted by molar-refractivity contribution is -0.140. The molecule has 2 rings (SSSR count). The summed E-state index contributed by atoms with van der Waals surface area (Å²) < 4.78 is 5.19. The standard InChI is InChI=1S/C23H30N2O3/c1-6-24-23(27)18(4)25(15-19-9-11-21(28-5)12-10-19)22(26)14-20-8-7-16(2)17(3)13-20/h7-13,18H,6,14-15H2,1-5H3,(H,24,27)/t18-/m1/s1. The average Bonchev–Trinajstić information content (AvgIpc) is 2.69. The van der Waals surface area contributed by atoms with Gasteiger partial charge >= 0.3 is 0 Å². The quantitative estimate of drug-likeness (QED) is 0.761. The van der Waals surface area contributed by atoms with Gasteiger partial charge < -0.3 is 15.0 Å². The van der Waals surface area contributed by atoms with E-state index in [0.717, 1.165) is 22.4 Å². The first-order valence-corrected chi connectivity index (χ1v) is 9.62. The fourth-order valence-corrected chi connectivity index (χ4v) is 3.02. The van der Waals surface area contributed by atoms with Crippen molar-refractivity contribution in [2.75, 3.05) is 13.7 Å². The Kier molecular flexibility index (Phi) is 7.61. The van der Waals surface area contributed by atoms with Gasteiger partial charge in [0.15, 0.2) is 0 Å². The van der Waals surface area contributed by atoms with Gasteiger partial charge in [-0.1, -0.05) is 30.3 Å². The molecule has 2 amide bonds. The minimum absolute atomic E-state index is 0.0715. The number of amides is 2. The molecule has 0 aliphatic heterocycles. The van der Waals surface area contributed by atoms with Crippen molar-refractivity contribution in [2.45, 2.75) is 46.7 Å². The van der Waals surface area contributed by atoms with E-state index in [4.69, 9.17) is 4.74 Å². The Bertz CT molecular complexity index is 815. The fourth-order valence-electron chi connectivity index (χ4n) is 3.02. The van der Waals surface area contributed by atoms with Crippen molar-refractivity contribution in [2.24, 2.45) is 0 Å². The first kappa shape index (κ1) is 21.5. The van der Waals surface area contributed by atoms with Gasteiger partial charge in [0.25, 0.3) is 0 Å². The number of hydrogen-bond acceptors (Lipinski definition) is 3. The summed E-state index contributed by atoms with van der Waals surface area (Å²) >= 11 is 0. The molecule has 0 aliphatic carbocycles. The molecule has 1 N–H and O–H groups in total. The summed E-state index contributed by atoms with van der Waals surface area (Å²) in [6, 6.07) is 13.0. The van der Waals surface area contributed by atoms with Crippen molar-refractivity contribution in [3.8, 4) is 5.75 Å². The molecule has 5 nitrogen and oxygen atoms in total. The highest BCUT2D eigenvalue weighted by Crippen LogP contribution is 2.17. The molecule has 0 fully saturated rings. The number of aryl methyl sites for hydroxylation is 2. The molecule has 2 aromatic carbocycles. The van der Waals surface area contributed by atoms with Crippen LogP contribution in [0.25, 0.3) is 0 Å². The number of ether oxygens (including phenoxy) is 1. The van der Waals surface area contributed by atoms with E-state index in [1.165, 1.54) is 5.56 Å². The fraction of sp³-hybridized carbons (Fsp3) is 0.391. The van der Waals surface area contributed by atoms with Crippen LogP contribution in [0.4, 0.5) is 0 Å². The van der Waals surface area contributed by atoms with Gasteiger partial charge in [0.1, 0.15) is 11.8 Å². The number of likely N-dealkylation sites (N-methyl/N-ethyl adjacent to an activating group) is 1. The predicted octanol–water partition coefficient (Wildman–Crippen LogP) is 3.41. The van der Waals surface area contributed by atoms with E-state index in [9.17, 15) is 9.59 Å². The minimum atomic E-state index is -0.555. The average molecular weight is 383 g/mol. The smallest absolute Gasteiger partial charge is 0.242 e. The summed E-state index contributed by atoms with van der Waals surface area (Å²) in [6.45, 7) is 8.63. The van der Waals surface area contributed by atoms with Gasteiger partial charge in [-0.2, -0.15) is 0 Å². The predicted molar refractivity (Wildman–Crippen MR) is 111 cm³/mol. The van der Waals surface area contributed by atoms with Crippen molar-refractivity contribution in [1.29, 1.82) is 0 Å². The van der Waals surface area contributed by atoms with Crippen LogP contribution in [0.3, 0.4) is 0 Å². The Labute approximate surface area is 167 Å². The summed E-state index contributed by atoms with van der Waals surface area (Å²) in [5, 5.41) is 2.81. The van der Waals surface area contributed by atoms with Gasteiger partial charge in [-0.25, -0.2) is 0 Å². The Balaban J connectivity index is 2.23. The molecule has 2 aromatic rings. The molecule has 5 heteroatoms. The highest BCUT2D eigenvalue weighted by atomic mass is 16.5. The number of methoxy groups -OCH3 is 1. The molecule has 150 valence electrons. The lowest BCUT2D eigenvalue weighted by Crippen LogP contribution is -2.48. The summed E-state index contributed by atoms with van der Waals surface area (Å²) in [5.74, 6) is 0.538. The zero-order valence-electron chi connectivity index (χ0n) is 17.4. The van der Waals surface area contributed by atoms with Gasteiger partial charge in [-0.3, -0.25) is 9.59 Å². The third kappa shape index (κ3) is 5.59. The molecule has 0 bridgehead atoms. The molecule has 0 spiro atoms. The van der Waals surface area contributed by atoms with Gasteiger partial charge in [0.05, 0.1) is 13.5 Å². The topological polar surface area (TPSA) is 58.6 Å². The minimum Gasteiger partial charge on any atom is -0.497 e. The summed E-state index contributed by atoms with van der Waals surface area (Å²) in [6.07, 6.45) is 0.265. The normalized spacial score (nSPS) is 11.6. The van der Waals surface area contributed by atoms with Crippen LogP contribution >= 0.6 is 0 Å². The van der Waals surface area contributed by atoms with Crippen LogP contribution in [-0.4, -0.2) is 36.4 Å². The van der Waals surface area contributed by atoms with Gasteiger partial charge in [-0.15, -0.1) is 0 Å². The lowest BCUT2D eigenvalue weighted by Gasteiger charge is -2.29. The van der Waals surface area contributed by atoms with Crippen LogP contribution in [0, 0.1) is 13.8 Å². The first-order chi connectivity index (χ1) is 13.3. The summed E-state index contributed by atoms with van der Waals surface area (Å²) in [7, 11) is 1.62. The zero-order valence-corrected chi connectivity index (χ0v) is 17.4. The third-order valence-electron chi connectivity index (χ3n) is 4.96. The van der Waals surface area contributed by atoms with E-state index in [0.29, 0.717) is 13.1 Å². The monoisotopic (exact) mass is 382 g/mol. The summed E-state index contributed by atoms with van der Waals surface area (Å²) in [5.41, 5.74) is 4.26. The van der Waals surface area contributed by atoms with E-state index < -0.39 is 6.04 Å². The maximum atomic E-state index is 13.1. The van der Waals surface area contributed by atoms with Gasteiger partial charge in [-0.05, 0) is 62.1 Å². The second-order valence-corrected chi connectivity index (χ2v) is 7.04. The Morgan fingerprint density at radius 2 is 1.68 bits per heavy atom. The Morgan fingerprint density at radius 3 is 2.25 bits per heavy atom. The molecule has 0 aromatic heterocycles. The van der Waals surface area contributed by atoms with Crippen molar-refractivity contribution in [1.82, 2.24) is 10.2 Å². The zero-order chi connectivity index (χ0) is 20.7. The van der Waals surface area contributed by atoms with Crippen molar-refractivity contribution >= 4 is 11.8 Å². The molecule has 0 saturated heterocycles. The second kappa shape index (κ2) is 9.93. The SMILES string of the molecule is CCNC(=O)[C@@H](C)N(Cc1ccc(OC)cc1)C(=O)Cc1ccc(C)c(C)c1.